The van der Waals surface area contributed by atoms with Crippen LogP contribution in [0, 0.1) is 0 Å². The zero-order chi connectivity index (χ0) is 19.3. The molecule has 0 bridgehead atoms. The highest BCUT2D eigenvalue weighted by Crippen LogP contribution is 2.23. The molecule has 10 heteroatoms. The van der Waals surface area contributed by atoms with Gasteiger partial charge < -0.3 is 15.2 Å². The first-order valence-electron chi connectivity index (χ1n) is 8.15. The third-order valence-electron chi connectivity index (χ3n) is 3.62. The minimum absolute atomic E-state index is 0.316. The highest BCUT2D eigenvalue weighted by Gasteiger charge is 2.19. The van der Waals surface area contributed by atoms with Crippen LogP contribution >= 0.6 is 11.3 Å². The maximum absolute atomic E-state index is 12.1. The molecule has 0 amide bonds. The Bertz CT molecular complexity index is 853. The number of hydrogen-bond donors (Lipinski definition) is 2. The van der Waals surface area contributed by atoms with Crippen LogP contribution in [0.1, 0.15) is 36.1 Å². The van der Waals surface area contributed by atoms with E-state index in [1.807, 2.05) is 6.07 Å². The second-order valence-corrected chi connectivity index (χ2v) is 9.71. The van der Waals surface area contributed by atoms with Crippen molar-refractivity contribution >= 4 is 27.3 Å². The molecule has 0 aliphatic rings. The van der Waals surface area contributed by atoms with Crippen molar-refractivity contribution < 1.29 is 12.9 Å². The lowest BCUT2D eigenvalue weighted by Crippen LogP contribution is -2.36. The molecule has 2 rings (SSSR count). The minimum Gasteiger partial charge on any atom is -0.359 e. The predicted molar refractivity (Wildman–Crippen MR) is 103 cm³/mol. The molecule has 0 aromatic carbocycles. The van der Waals surface area contributed by atoms with Crippen molar-refractivity contribution in [3.05, 3.63) is 34.5 Å². The van der Waals surface area contributed by atoms with Gasteiger partial charge in [-0.15, -0.1) is 11.3 Å². The number of thiophene rings is 1. The molecule has 0 spiro atoms. The van der Waals surface area contributed by atoms with Crippen LogP contribution in [0.25, 0.3) is 0 Å². The number of aliphatic imine (C=N–C) groups is 1. The Morgan fingerprint density at radius 3 is 2.58 bits per heavy atom. The largest absolute Gasteiger partial charge is 0.359 e. The van der Waals surface area contributed by atoms with Crippen molar-refractivity contribution in [1.29, 1.82) is 0 Å². The molecular weight excluding hydrogens is 374 g/mol. The summed E-state index contributed by atoms with van der Waals surface area (Å²) in [6.07, 6.45) is 0. The van der Waals surface area contributed by atoms with Gasteiger partial charge in [0.2, 0.25) is 0 Å². The molecule has 26 heavy (non-hydrogen) atoms. The van der Waals surface area contributed by atoms with E-state index in [9.17, 15) is 8.42 Å². The van der Waals surface area contributed by atoms with E-state index in [1.165, 1.54) is 29.7 Å². The quantitative estimate of drug-likeness (QED) is 0.545. The summed E-state index contributed by atoms with van der Waals surface area (Å²) in [4.78, 5) is 5.05. The number of nitrogens with one attached hydrogen (secondary N) is 2. The maximum Gasteiger partial charge on any atom is 0.252 e. The zero-order valence-corrected chi connectivity index (χ0v) is 17.2. The highest BCUT2D eigenvalue weighted by molar-refractivity contribution is 7.91. The smallest absolute Gasteiger partial charge is 0.252 e. The lowest BCUT2D eigenvalue weighted by Gasteiger charge is -2.10. The van der Waals surface area contributed by atoms with E-state index in [0.717, 1.165) is 16.3 Å². The van der Waals surface area contributed by atoms with E-state index in [-0.39, 0.29) is 0 Å². The van der Waals surface area contributed by atoms with E-state index in [1.54, 1.807) is 19.2 Å². The number of aromatic nitrogens is 1. The lowest BCUT2D eigenvalue weighted by molar-refractivity contribution is 0.372. The van der Waals surface area contributed by atoms with Gasteiger partial charge in [-0.25, -0.2) is 12.7 Å². The monoisotopic (exact) mass is 399 g/mol. The van der Waals surface area contributed by atoms with Crippen molar-refractivity contribution in [2.75, 3.05) is 21.1 Å². The highest BCUT2D eigenvalue weighted by atomic mass is 32.2. The van der Waals surface area contributed by atoms with Gasteiger partial charge in [-0.3, -0.25) is 4.99 Å². The molecule has 0 aliphatic heterocycles. The van der Waals surface area contributed by atoms with Gasteiger partial charge in [-0.2, -0.15) is 0 Å². The summed E-state index contributed by atoms with van der Waals surface area (Å²) in [5.41, 5.74) is 0.915. The van der Waals surface area contributed by atoms with Crippen molar-refractivity contribution in [3.8, 4) is 0 Å². The summed E-state index contributed by atoms with van der Waals surface area (Å²) in [6.45, 7) is 5.05. The van der Waals surface area contributed by atoms with Crippen LogP contribution in [-0.4, -0.2) is 45.0 Å². The van der Waals surface area contributed by atoms with Crippen molar-refractivity contribution in [2.24, 2.45) is 4.99 Å². The third-order valence-corrected chi connectivity index (χ3v) is 6.99. The van der Waals surface area contributed by atoms with E-state index in [0.29, 0.717) is 29.2 Å². The van der Waals surface area contributed by atoms with Crippen molar-refractivity contribution in [2.45, 2.75) is 37.1 Å². The fourth-order valence-electron chi connectivity index (χ4n) is 2.02. The molecule has 0 radical (unpaired) electrons. The summed E-state index contributed by atoms with van der Waals surface area (Å²) in [5, 5.41) is 10.3. The summed E-state index contributed by atoms with van der Waals surface area (Å²) >= 11 is 1.24. The van der Waals surface area contributed by atoms with E-state index < -0.39 is 10.0 Å². The zero-order valence-electron chi connectivity index (χ0n) is 15.6. The van der Waals surface area contributed by atoms with Crippen molar-refractivity contribution in [1.82, 2.24) is 20.1 Å². The van der Waals surface area contributed by atoms with E-state index in [4.69, 9.17) is 4.52 Å². The number of sulfonamides is 1. The lowest BCUT2D eigenvalue weighted by atomic mass is 10.1. The van der Waals surface area contributed by atoms with Gasteiger partial charge in [0.25, 0.3) is 10.0 Å². The summed E-state index contributed by atoms with van der Waals surface area (Å²) < 4.78 is 31.0. The van der Waals surface area contributed by atoms with Gasteiger partial charge in [0.15, 0.2) is 11.7 Å². The van der Waals surface area contributed by atoms with E-state index in [2.05, 4.69) is 34.6 Å². The molecule has 144 valence electrons. The number of nitrogens with zero attached hydrogens (tertiary/aromatic N) is 3. The van der Waals surface area contributed by atoms with Gasteiger partial charge in [0, 0.05) is 32.1 Å². The molecule has 0 aliphatic carbocycles. The molecule has 8 nitrogen and oxygen atoms in total. The molecule has 2 N–H and O–H groups in total. The Kier molecular flexibility index (Phi) is 6.79. The second kappa shape index (κ2) is 8.65. The Hall–Kier alpha value is -1.91. The Morgan fingerprint density at radius 1 is 1.31 bits per heavy atom. The predicted octanol–water partition coefficient (Wildman–Crippen LogP) is 1.97. The first-order valence-corrected chi connectivity index (χ1v) is 10.4. The number of rotatable bonds is 7. The average molecular weight is 400 g/mol. The molecule has 2 heterocycles. The summed E-state index contributed by atoms with van der Waals surface area (Å²) in [7, 11) is 1.32. The van der Waals surface area contributed by atoms with Gasteiger partial charge in [0.05, 0.1) is 18.8 Å². The fraction of sp³-hybridized carbons (Fsp3) is 0.500. The van der Waals surface area contributed by atoms with Gasteiger partial charge in [-0.05, 0) is 18.1 Å². The fourth-order valence-corrected chi connectivity index (χ4v) is 4.48. The topological polar surface area (TPSA) is 99.8 Å². The first-order chi connectivity index (χ1) is 12.2. The van der Waals surface area contributed by atoms with Gasteiger partial charge in [0.1, 0.15) is 4.21 Å². The van der Waals surface area contributed by atoms with Crippen LogP contribution in [0.15, 0.2) is 31.9 Å². The molecule has 0 unspecified atom stereocenters. The van der Waals surface area contributed by atoms with Gasteiger partial charge >= 0.3 is 0 Å². The number of guanidine groups is 1. The normalized spacial score (nSPS) is 12.8. The van der Waals surface area contributed by atoms with Gasteiger partial charge in [-0.1, -0.05) is 19.0 Å². The third kappa shape index (κ3) is 5.05. The Morgan fingerprint density at radius 2 is 2.00 bits per heavy atom. The van der Waals surface area contributed by atoms with Crippen LogP contribution in [0.3, 0.4) is 0 Å². The molecular formula is C16H25N5O3S2. The maximum atomic E-state index is 12.1. The Labute approximate surface area is 158 Å². The Balaban J connectivity index is 1.90. The van der Waals surface area contributed by atoms with Crippen LogP contribution in [0.5, 0.6) is 0 Å². The SMILES string of the molecule is CN=C(NCc1cc(C(C)C)no1)NCc1ccc(S(=O)(=O)N(C)C)s1. The standard InChI is InChI=1S/C16H25N5O3S2/c1-11(2)14-8-12(24-20-14)9-18-16(17-3)19-10-13-6-7-15(25-13)26(22,23)21(4)5/h6-8,11H,9-10H2,1-5H3,(H2,17,18,19). The average Bonchev–Trinajstić information content (AvgIpc) is 3.24. The molecule has 0 saturated heterocycles. The van der Waals surface area contributed by atoms with E-state index >= 15 is 0 Å². The molecule has 0 atom stereocenters. The minimum atomic E-state index is -3.39. The van der Waals surface area contributed by atoms with Crippen LogP contribution in [0.4, 0.5) is 0 Å². The van der Waals surface area contributed by atoms with Crippen LogP contribution in [0.2, 0.25) is 0 Å². The molecule has 2 aromatic rings. The van der Waals surface area contributed by atoms with Crippen molar-refractivity contribution in [3.63, 3.8) is 0 Å². The second-order valence-electron chi connectivity index (χ2n) is 6.16. The summed E-state index contributed by atoms with van der Waals surface area (Å²) in [6, 6.07) is 5.34. The van der Waals surface area contributed by atoms with Crippen LogP contribution < -0.4 is 10.6 Å². The van der Waals surface area contributed by atoms with Crippen LogP contribution in [-0.2, 0) is 23.1 Å². The summed E-state index contributed by atoms with van der Waals surface area (Å²) in [5.74, 6) is 1.64. The molecule has 0 saturated carbocycles. The number of hydrogen-bond acceptors (Lipinski definition) is 6. The molecule has 0 fully saturated rings. The molecule has 2 aromatic heterocycles. The first kappa shape index (κ1) is 20.4.